The van der Waals surface area contributed by atoms with Crippen molar-refractivity contribution in [2.24, 2.45) is 0 Å². The van der Waals surface area contributed by atoms with E-state index < -0.39 is 20.0 Å². The van der Waals surface area contributed by atoms with Gasteiger partial charge < -0.3 is 0 Å². The maximum absolute atomic E-state index is 14.0. The van der Waals surface area contributed by atoms with Crippen molar-refractivity contribution in [3.8, 4) is 0 Å². The molecule has 6 nitrogen and oxygen atoms in total. The number of aryl methyl sites for hydroxylation is 2. The molecule has 5 rings (SSSR count). The second kappa shape index (κ2) is 13.2. The Morgan fingerprint density at radius 3 is 1.90 bits per heavy atom. The van der Waals surface area contributed by atoms with Gasteiger partial charge in [-0.15, -0.1) is 0 Å². The summed E-state index contributed by atoms with van der Waals surface area (Å²) >= 11 is 3.82. The summed E-state index contributed by atoms with van der Waals surface area (Å²) in [6, 6.07) is 25.6. The van der Waals surface area contributed by atoms with E-state index in [0.29, 0.717) is 10.9 Å². The zero-order valence-electron chi connectivity index (χ0n) is 23.0. The van der Waals surface area contributed by atoms with Crippen molar-refractivity contribution in [2.45, 2.75) is 42.0 Å². The normalized spacial score (nSPS) is 12.2. The third-order valence-electron chi connectivity index (χ3n) is 6.76. The van der Waals surface area contributed by atoms with Gasteiger partial charge in [0, 0.05) is 0 Å². The Morgan fingerprint density at radius 1 is 0.738 bits per heavy atom. The molecule has 0 fully saturated rings. The molecule has 0 aliphatic heterocycles. The van der Waals surface area contributed by atoms with Crippen LogP contribution in [0.2, 0.25) is 0 Å². The molecular weight excluding hydrogens is 766 g/mol. The van der Waals surface area contributed by atoms with Crippen molar-refractivity contribution in [3.63, 3.8) is 0 Å². The molecule has 11 heteroatoms. The maximum atomic E-state index is 14.0. The first-order valence-corrected chi connectivity index (χ1v) is 19.9. The summed E-state index contributed by atoms with van der Waals surface area (Å²) in [6.07, 6.45) is 3.24. The van der Waals surface area contributed by atoms with Gasteiger partial charge in [0.15, 0.2) is 0 Å². The first-order valence-electron chi connectivity index (χ1n) is 13.0. The topological polar surface area (TPSA) is 76.5 Å². The van der Waals surface area contributed by atoms with Gasteiger partial charge in [-0.25, -0.2) is 0 Å². The second-order valence-corrected chi connectivity index (χ2v) is 18.6. The molecular formula is C31H29IN2O4S3Se. The molecule has 2 heterocycles. The fourth-order valence-corrected chi connectivity index (χ4v) is 10.4. The Bertz CT molecular complexity index is 1890. The summed E-state index contributed by atoms with van der Waals surface area (Å²) in [5.41, 5.74) is 4.34. The Kier molecular flexibility index (Phi) is 9.78. The number of aromatic nitrogens is 1. The molecule has 0 atom stereocenters. The van der Waals surface area contributed by atoms with E-state index in [-0.39, 0.29) is 37.8 Å². The van der Waals surface area contributed by atoms with Gasteiger partial charge in [0.2, 0.25) is 0 Å². The molecule has 0 unspecified atom stereocenters. The van der Waals surface area contributed by atoms with Crippen LogP contribution in [0.25, 0.3) is 0 Å². The Morgan fingerprint density at radius 2 is 1.31 bits per heavy atom. The van der Waals surface area contributed by atoms with Crippen LogP contribution < -0.4 is 4.46 Å². The molecule has 218 valence electrons. The van der Waals surface area contributed by atoms with Crippen molar-refractivity contribution in [1.29, 1.82) is 0 Å². The SMILES string of the molecule is Cc1ccc(S(=O)(=O)N(Cc2cn(S(=O)(=O)c3ccc(C)cc3)cc2C[Se]c2ccccc2)Cc2ccsc2I)cc1. The summed E-state index contributed by atoms with van der Waals surface area (Å²) in [7, 11) is -7.76. The molecule has 42 heavy (non-hydrogen) atoms. The number of nitrogens with zero attached hydrogens (tertiary/aromatic N) is 2. The average Bonchev–Trinajstić information content (AvgIpc) is 3.58. The van der Waals surface area contributed by atoms with Crippen LogP contribution in [0, 0.1) is 16.7 Å². The average molecular weight is 796 g/mol. The summed E-state index contributed by atoms with van der Waals surface area (Å²) in [6.45, 7) is 4.04. The Labute approximate surface area is 271 Å². The van der Waals surface area contributed by atoms with Crippen molar-refractivity contribution < 1.29 is 16.8 Å². The van der Waals surface area contributed by atoms with Gasteiger partial charge in [-0.3, -0.25) is 0 Å². The molecule has 3 aromatic carbocycles. The summed E-state index contributed by atoms with van der Waals surface area (Å²) < 4.78 is 60.3. The van der Waals surface area contributed by atoms with Gasteiger partial charge in [-0.2, -0.15) is 0 Å². The minimum atomic E-state index is -3.89. The molecule has 0 saturated carbocycles. The van der Waals surface area contributed by atoms with Crippen LogP contribution >= 0.6 is 33.9 Å². The first-order chi connectivity index (χ1) is 20.0. The summed E-state index contributed by atoms with van der Waals surface area (Å²) in [5.74, 6) is 0. The molecule has 0 aliphatic rings. The number of thiophene rings is 1. The first kappa shape index (κ1) is 31.2. The molecule has 5 aromatic rings. The molecule has 2 aromatic heterocycles. The Hall–Kier alpha value is -2.25. The standard InChI is InChI=1S/C31H29IN2O4S3Se/c1-23-8-12-28(13-9-23)40(35,36)33(18-25-16-17-39-31(25)32)19-26-20-34(41(37,38)29-14-10-24(2)11-15-29)21-27(26)22-42-30-6-4-3-5-7-30/h3-17,20-21H,18-19,22H2,1-2H3. The Balaban J connectivity index is 1.57. The van der Waals surface area contributed by atoms with Gasteiger partial charge in [0.1, 0.15) is 0 Å². The van der Waals surface area contributed by atoms with E-state index in [4.69, 9.17) is 0 Å². The van der Waals surface area contributed by atoms with Crippen LogP contribution in [-0.4, -0.2) is 40.1 Å². The van der Waals surface area contributed by atoms with Gasteiger partial charge in [0.05, 0.1) is 0 Å². The fourth-order valence-electron chi connectivity index (χ4n) is 4.33. The van der Waals surface area contributed by atoms with Gasteiger partial charge in [-0.05, 0) is 0 Å². The van der Waals surface area contributed by atoms with Crippen molar-refractivity contribution in [2.75, 3.05) is 0 Å². The van der Waals surface area contributed by atoms with Crippen LogP contribution in [0.15, 0.2) is 112 Å². The third kappa shape index (κ3) is 7.10. The van der Waals surface area contributed by atoms with Crippen LogP contribution in [0.3, 0.4) is 0 Å². The third-order valence-corrected chi connectivity index (χ3v) is 14.6. The number of halogens is 1. The van der Waals surface area contributed by atoms with Crippen LogP contribution in [0.4, 0.5) is 0 Å². The van der Waals surface area contributed by atoms with Gasteiger partial charge in [-0.1, -0.05) is 0 Å². The molecule has 0 aliphatic carbocycles. The van der Waals surface area contributed by atoms with Crippen LogP contribution in [0.5, 0.6) is 0 Å². The predicted molar refractivity (Wildman–Crippen MR) is 178 cm³/mol. The molecule has 0 radical (unpaired) electrons. The second-order valence-electron chi connectivity index (χ2n) is 9.86. The predicted octanol–water partition coefficient (Wildman–Crippen LogP) is 5.93. The van der Waals surface area contributed by atoms with E-state index in [9.17, 15) is 16.8 Å². The molecule has 0 amide bonds. The van der Waals surface area contributed by atoms with E-state index in [0.717, 1.165) is 25.1 Å². The molecule has 0 N–H and O–H groups in total. The summed E-state index contributed by atoms with van der Waals surface area (Å²) in [4.78, 5) is 0.395. The van der Waals surface area contributed by atoms with Gasteiger partial charge in [0.25, 0.3) is 0 Å². The van der Waals surface area contributed by atoms with E-state index in [2.05, 4.69) is 34.7 Å². The van der Waals surface area contributed by atoms with E-state index in [1.165, 1.54) is 12.7 Å². The number of benzene rings is 3. The van der Waals surface area contributed by atoms with Crippen molar-refractivity contribution in [3.05, 3.63) is 133 Å². The number of rotatable bonds is 11. The van der Waals surface area contributed by atoms with E-state index in [1.807, 2.05) is 43.5 Å². The zero-order chi connectivity index (χ0) is 29.9. The van der Waals surface area contributed by atoms with Crippen LogP contribution in [-0.2, 0) is 38.5 Å². The number of sulfonamides is 1. The zero-order valence-corrected chi connectivity index (χ0v) is 29.3. The fraction of sp³-hybridized carbons (Fsp3) is 0.161. The van der Waals surface area contributed by atoms with E-state index >= 15 is 0 Å². The van der Waals surface area contributed by atoms with Crippen molar-refractivity contribution in [1.82, 2.24) is 8.28 Å². The van der Waals surface area contributed by atoms with Crippen LogP contribution in [0.1, 0.15) is 27.8 Å². The molecule has 0 spiro atoms. The van der Waals surface area contributed by atoms with Gasteiger partial charge >= 0.3 is 274 Å². The summed E-state index contributed by atoms with van der Waals surface area (Å²) in [5, 5.41) is 2.57. The minimum absolute atomic E-state index is 0.0270. The monoisotopic (exact) mass is 796 g/mol. The number of hydrogen-bond acceptors (Lipinski definition) is 5. The quantitative estimate of drug-likeness (QED) is 0.123. The molecule has 0 bridgehead atoms. The van der Waals surface area contributed by atoms with E-state index in [1.54, 1.807) is 72.3 Å². The molecule has 0 saturated heterocycles. The number of hydrogen-bond donors (Lipinski definition) is 0. The van der Waals surface area contributed by atoms with Crippen molar-refractivity contribution >= 4 is 73.4 Å².